The van der Waals surface area contributed by atoms with Crippen LogP contribution in [0.1, 0.15) is 29.7 Å². The first-order valence-electron chi connectivity index (χ1n) is 6.16. The van der Waals surface area contributed by atoms with E-state index in [1.807, 2.05) is 17.7 Å². The zero-order chi connectivity index (χ0) is 15.6. The summed E-state index contributed by atoms with van der Waals surface area (Å²) in [6.45, 7) is 2.44. The molecule has 114 valence electrons. The second-order valence-corrected chi connectivity index (χ2v) is 6.00. The molecule has 0 amide bonds. The minimum absolute atomic E-state index is 0.379. The summed E-state index contributed by atoms with van der Waals surface area (Å²) in [7, 11) is 0. The third-order valence-corrected chi connectivity index (χ3v) is 4.74. The Bertz CT molecular complexity index is 624. The quantitative estimate of drug-likeness (QED) is 0.702. The van der Waals surface area contributed by atoms with Crippen molar-refractivity contribution in [3.8, 4) is 0 Å². The molecule has 0 aliphatic carbocycles. The van der Waals surface area contributed by atoms with Crippen molar-refractivity contribution in [2.45, 2.75) is 19.1 Å². The van der Waals surface area contributed by atoms with Gasteiger partial charge in [-0.15, -0.1) is 0 Å². The Morgan fingerprint density at radius 3 is 2.52 bits per heavy atom. The average Bonchev–Trinajstić information content (AvgIpc) is 2.82. The number of halogens is 5. The molecule has 21 heavy (non-hydrogen) atoms. The van der Waals surface area contributed by atoms with Gasteiger partial charge in [-0.25, -0.2) is 4.39 Å². The second-order valence-electron chi connectivity index (χ2n) is 4.40. The van der Waals surface area contributed by atoms with Crippen molar-refractivity contribution < 1.29 is 17.6 Å². The normalized spacial score (nSPS) is 13.4. The number of benzene rings is 1. The summed E-state index contributed by atoms with van der Waals surface area (Å²) in [5.74, 6) is -1.26. The van der Waals surface area contributed by atoms with Crippen molar-refractivity contribution >= 4 is 27.3 Å². The van der Waals surface area contributed by atoms with Crippen LogP contribution in [0, 0.1) is 5.82 Å². The van der Waals surface area contributed by atoms with E-state index in [4.69, 9.17) is 0 Å². The summed E-state index contributed by atoms with van der Waals surface area (Å²) >= 11 is 4.83. The van der Waals surface area contributed by atoms with E-state index in [-0.39, 0.29) is 0 Å². The van der Waals surface area contributed by atoms with E-state index in [1.165, 1.54) is 17.4 Å². The molecule has 1 aromatic carbocycles. The maximum Gasteiger partial charge on any atom is 0.419 e. The summed E-state index contributed by atoms with van der Waals surface area (Å²) in [5.41, 5.74) is -0.0273. The highest BCUT2D eigenvalue weighted by molar-refractivity contribution is 9.10. The fourth-order valence-corrected chi connectivity index (χ4v) is 3.60. The molecule has 1 heterocycles. The summed E-state index contributed by atoms with van der Waals surface area (Å²) in [5, 5.41) is 6.84. The van der Waals surface area contributed by atoms with Crippen LogP contribution in [0.25, 0.3) is 0 Å². The van der Waals surface area contributed by atoms with E-state index in [2.05, 4.69) is 21.2 Å². The van der Waals surface area contributed by atoms with Gasteiger partial charge in [0.15, 0.2) is 0 Å². The van der Waals surface area contributed by atoms with Gasteiger partial charge in [-0.3, -0.25) is 0 Å². The van der Waals surface area contributed by atoms with Crippen LogP contribution in [0.3, 0.4) is 0 Å². The number of hydrogen-bond acceptors (Lipinski definition) is 2. The Labute approximate surface area is 132 Å². The molecule has 0 saturated carbocycles. The van der Waals surface area contributed by atoms with E-state index in [9.17, 15) is 17.6 Å². The first kappa shape index (κ1) is 16.5. The molecule has 0 bridgehead atoms. The zero-order valence-corrected chi connectivity index (χ0v) is 13.4. The highest BCUT2D eigenvalue weighted by Gasteiger charge is 2.35. The SMILES string of the molecule is CCNC(c1ccc(F)c(C(F)(F)F)c1)c1cscc1Br. The Hall–Kier alpha value is -0.920. The Morgan fingerprint density at radius 1 is 1.29 bits per heavy atom. The monoisotopic (exact) mass is 381 g/mol. The van der Waals surface area contributed by atoms with Crippen molar-refractivity contribution in [2.24, 2.45) is 0 Å². The number of thiophene rings is 1. The molecule has 7 heteroatoms. The van der Waals surface area contributed by atoms with Gasteiger partial charge in [-0.05, 0) is 51.1 Å². The van der Waals surface area contributed by atoms with Crippen LogP contribution in [-0.2, 0) is 6.18 Å². The van der Waals surface area contributed by atoms with Gasteiger partial charge in [0.25, 0.3) is 0 Å². The molecule has 0 radical (unpaired) electrons. The first-order chi connectivity index (χ1) is 9.84. The average molecular weight is 382 g/mol. The van der Waals surface area contributed by atoms with E-state index in [0.717, 1.165) is 22.2 Å². The maximum atomic E-state index is 13.4. The molecule has 0 spiro atoms. The number of alkyl halides is 3. The van der Waals surface area contributed by atoms with Gasteiger partial charge >= 0.3 is 6.18 Å². The van der Waals surface area contributed by atoms with Gasteiger partial charge in [0.05, 0.1) is 11.6 Å². The molecule has 2 aromatic rings. The molecule has 1 aromatic heterocycles. The topological polar surface area (TPSA) is 12.0 Å². The van der Waals surface area contributed by atoms with Gasteiger partial charge in [0.2, 0.25) is 0 Å². The smallest absolute Gasteiger partial charge is 0.306 e. The minimum atomic E-state index is -4.71. The van der Waals surface area contributed by atoms with Crippen LogP contribution in [-0.4, -0.2) is 6.54 Å². The standard InChI is InChI=1S/C14H12BrF4NS/c1-2-20-13(9-6-21-7-11(9)15)8-3-4-12(16)10(5-8)14(17,18)19/h3-7,13,20H,2H2,1H3. The van der Waals surface area contributed by atoms with Gasteiger partial charge in [-0.1, -0.05) is 13.0 Å². The largest absolute Gasteiger partial charge is 0.419 e. The lowest BCUT2D eigenvalue weighted by atomic mass is 9.98. The van der Waals surface area contributed by atoms with Crippen LogP contribution in [0.15, 0.2) is 33.4 Å². The highest BCUT2D eigenvalue weighted by Crippen LogP contribution is 2.36. The van der Waals surface area contributed by atoms with E-state index >= 15 is 0 Å². The Balaban J connectivity index is 2.49. The van der Waals surface area contributed by atoms with Crippen LogP contribution in [0.5, 0.6) is 0 Å². The van der Waals surface area contributed by atoms with Crippen LogP contribution in [0.4, 0.5) is 17.6 Å². The Kier molecular flexibility index (Phi) is 5.06. The molecule has 1 unspecified atom stereocenters. The number of hydrogen-bond donors (Lipinski definition) is 1. The van der Waals surface area contributed by atoms with Crippen molar-refractivity contribution in [1.82, 2.24) is 5.32 Å². The molecule has 1 N–H and O–H groups in total. The molecule has 0 saturated heterocycles. The fraction of sp³-hybridized carbons (Fsp3) is 0.286. The van der Waals surface area contributed by atoms with E-state index in [0.29, 0.717) is 12.1 Å². The molecule has 1 nitrogen and oxygen atoms in total. The van der Waals surface area contributed by atoms with Gasteiger partial charge in [0.1, 0.15) is 5.82 Å². The van der Waals surface area contributed by atoms with Crippen LogP contribution >= 0.6 is 27.3 Å². The Morgan fingerprint density at radius 2 is 2.00 bits per heavy atom. The summed E-state index contributed by atoms with van der Waals surface area (Å²) in [4.78, 5) is 0. The molecular weight excluding hydrogens is 370 g/mol. The molecular formula is C14H12BrF4NS. The lowest BCUT2D eigenvalue weighted by molar-refractivity contribution is -0.140. The predicted molar refractivity (Wildman–Crippen MR) is 78.9 cm³/mol. The molecule has 0 fully saturated rings. The second kappa shape index (κ2) is 6.46. The summed E-state index contributed by atoms with van der Waals surface area (Å²) in [6.07, 6.45) is -4.71. The minimum Gasteiger partial charge on any atom is -0.306 e. The van der Waals surface area contributed by atoms with E-state index in [1.54, 1.807) is 0 Å². The van der Waals surface area contributed by atoms with Crippen LogP contribution < -0.4 is 5.32 Å². The first-order valence-corrected chi connectivity index (χ1v) is 7.89. The number of rotatable bonds is 4. The molecule has 0 aliphatic rings. The van der Waals surface area contributed by atoms with Gasteiger partial charge < -0.3 is 5.32 Å². The molecule has 1 atom stereocenters. The highest BCUT2D eigenvalue weighted by atomic mass is 79.9. The number of nitrogens with one attached hydrogen (secondary N) is 1. The van der Waals surface area contributed by atoms with Crippen molar-refractivity contribution in [3.63, 3.8) is 0 Å². The van der Waals surface area contributed by atoms with Gasteiger partial charge in [0, 0.05) is 9.85 Å². The lowest BCUT2D eigenvalue weighted by Crippen LogP contribution is -2.22. The zero-order valence-electron chi connectivity index (χ0n) is 11.0. The van der Waals surface area contributed by atoms with E-state index < -0.39 is 23.6 Å². The van der Waals surface area contributed by atoms with Crippen LogP contribution in [0.2, 0.25) is 0 Å². The predicted octanol–water partition coefficient (Wildman–Crippen LogP) is 5.37. The fourth-order valence-electron chi connectivity index (χ4n) is 2.05. The third-order valence-electron chi connectivity index (χ3n) is 2.99. The molecule has 2 rings (SSSR count). The lowest BCUT2D eigenvalue weighted by Gasteiger charge is -2.20. The van der Waals surface area contributed by atoms with Crippen molar-refractivity contribution in [1.29, 1.82) is 0 Å². The van der Waals surface area contributed by atoms with Gasteiger partial charge in [-0.2, -0.15) is 24.5 Å². The maximum absolute atomic E-state index is 13.4. The molecule has 0 aliphatic heterocycles. The summed E-state index contributed by atoms with van der Waals surface area (Å²) in [6, 6.07) is 2.69. The summed E-state index contributed by atoms with van der Waals surface area (Å²) < 4.78 is 52.7. The van der Waals surface area contributed by atoms with Crippen molar-refractivity contribution in [2.75, 3.05) is 6.54 Å². The van der Waals surface area contributed by atoms with Crippen molar-refractivity contribution in [3.05, 3.63) is 55.9 Å². The third kappa shape index (κ3) is 3.64.